The van der Waals surface area contributed by atoms with Crippen LogP contribution in [0.1, 0.15) is 37.3 Å². The largest absolute Gasteiger partial charge is 0.497 e. The van der Waals surface area contributed by atoms with Gasteiger partial charge in [0.1, 0.15) is 17.2 Å². The molecule has 1 amide bonds. The first-order chi connectivity index (χ1) is 15.1. The van der Waals surface area contributed by atoms with Crippen molar-refractivity contribution in [2.24, 2.45) is 0 Å². The lowest BCUT2D eigenvalue weighted by Gasteiger charge is -2.24. The van der Waals surface area contributed by atoms with Crippen molar-refractivity contribution in [3.63, 3.8) is 0 Å². The minimum Gasteiger partial charge on any atom is -0.497 e. The molecule has 2 aromatic rings. The summed E-state index contributed by atoms with van der Waals surface area (Å²) in [5.74, 6) is 2.49. The zero-order valence-corrected chi connectivity index (χ0v) is 18.8. The number of hydrogen-bond acceptors (Lipinski definition) is 5. The molecule has 0 radical (unpaired) electrons. The summed E-state index contributed by atoms with van der Waals surface area (Å²) in [5, 5.41) is 0. The van der Waals surface area contributed by atoms with Gasteiger partial charge in [-0.15, -0.1) is 0 Å². The van der Waals surface area contributed by atoms with E-state index in [1.165, 1.54) is 0 Å². The summed E-state index contributed by atoms with van der Waals surface area (Å²) >= 11 is 0. The highest BCUT2D eigenvalue weighted by Crippen LogP contribution is 2.26. The number of aryl methyl sites for hydroxylation is 2. The monoisotopic (exact) mass is 427 g/mol. The molecule has 1 aliphatic rings. The fourth-order valence-electron chi connectivity index (χ4n) is 4.03. The van der Waals surface area contributed by atoms with Crippen molar-refractivity contribution in [2.75, 3.05) is 34.0 Å². The van der Waals surface area contributed by atoms with Crippen LogP contribution in [0.4, 0.5) is 4.79 Å². The summed E-state index contributed by atoms with van der Waals surface area (Å²) in [7, 11) is 3.32. The van der Waals surface area contributed by atoms with E-state index < -0.39 is 0 Å². The third-order valence-electron chi connectivity index (χ3n) is 5.65. The molecule has 2 aromatic carbocycles. The second-order valence-corrected chi connectivity index (χ2v) is 7.65. The average Bonchev–Trinajstić information content (AvgIpc) is 3.27. The zero-order chi connectivity index (χ0) is 22.1. The molecule has 0 aliphatic carbocycles. The Balaban J connectivity index is 1.56. The summed E-state index contributed by atoms with van der Waals surface area (Å²) < 4.78 is 22.1. The number of amides is 1. The number of nitrogens with zero attached hydrogens (tertiary/aromatic N) is 1. The van der Waals surface area contributed by atoms with Crippen molar-refractivity contribution in [2.45, 2.75) is 45.1 Å². The standard InChI is InChI=1S/C25H33NO5/c1-4-30-25(27)26-14-7-9-21(26)13-15-31-24-10-6-5-8-20(24)12-11-19-16-22(28-2)18-23(17-19)29-3/h5-6,8,10,16-18,21H,4,7,9,11-15H2,1-3H3/t21-/m0/s1. The van der Waals surface area contributed by atoms with E-state index in [9.17, 15) is 4.79 Å². The van der Waals surface area contributed by atoms with Crippen molar-refractivity contribution in [3.8, 4) is 17.2 Å². The smallest absolute Gasteiger partial charge is 0.409 e. The quantitative estimate of drug-likeness (QED) is 0.541. The third-order valence-corrected chi connectivity index (χ3v) is 5.65. The Morgan fingerprint density at radius 1 is 1.06 bits per heavy atom. The molecule has 1 saturated heterocycles. The SMILES string of the molecule is CCOC(=O)N1CCC[C@H]1CCOc1ccccc1CCc1cc(OC)cc(OC)c1. The van der Waals surface area contributed by atoms with E-state index in [1.54, 1.807) is 14.2 Å². The molecular weight excluding hydrogens is 394 g/mol. The number of likely N-dealkylation sites (tertiary alicyclic amines) is 1. The Morgan fingerprint density at radius 3 is 2.52 bits per heavy atom. The topological polar surface area (TPSA) is 57.2 Å². The van der Waals surface area contributed by atoms with Gasteiger partial charge in [-0.25, -0.2) is 4.79 Å². The number of carbonyl (C=O) groups is 1. The molecule has 0 unspecified atom stereocenters. The van der Waals surface area contributed by atoms with E-state index in [0.29, 0.717) is 13.2 Å². The highest BCUT2D eigenvalue weighted by Gasteiger charge is 2.29. The van der Waals surface area contributed by atoms with E-state index in [0.717, 1.165) is 67.0 Å². The minimum absolute atomic E-state index is 0.190. The summed E-state index contributed by atoms with van der Waals surface area (Å²) in [6.45, 7) is 3.59. The fourth-order valence-corrected chi connectivity index (χ4v) is 4.03. The van der Waals surface area contributed by atoms with Gasteiger partial charge in [-0.3, -0.25) is 0 Å². The van der Waals surface area contributed by atoms with Gasteiger partial charge < -0.3 is 23.8 Å². The molecule has 0 saturated carbocycles. The Bertz CT molecular complexity index is 831. The molecular formula is C25H33NO5. The summed E-state index contributed by atoms with van der Waals surface area (Å²) in [6.07, 6.45) is 4.32. The predicted octanol–water partition coefficient (Wildman–Crippen LogP) is 4.88. The zero-order valence-electron chi connectivity index (χ0n) is 18.8. The maximum Gasteiger partial charge on any atom is 0.409 e. The number of ether oxygens (including phenoxy) is 4. The summed E-state index contributed by atoms with van der Waals surface area (Å²) in [5.41, 5.74) is 2.32. The average molecular weight is 428 g/mol. The van der Waals surface area contributed by atoms with Crippen molar-refractivity contribution >= 4 is 6.09 Å². The number of carbonyl (C=O) groups excluding carboxylic acids is 1. The van der Waals surface area contributed by atoms with Crippen molar-refractivity contribution in [1.29, 1.82) is 0 Å². The lowest BCUT2D eigenvalue weighted by molar-refractivity contribution is 0.0983. The van der Waals surface area contributed by atoms with Crippen molar-refractivity contribution in [1.82, 2.24) is 4.90 Å². The van der Waals surface area contributed by atoms with Crippen LogP contribution in [-0.2, 0) is 17.6 Å². The van der Waals surface area contributed by atoms with Crippen LogP contribution in [0.2, 0.25) is 0 Å². The van der Waals surface area contributed by atoms with Crippen LogP contribution in [0.5, 0.6) is 17.2 Å². The molecule has 31 heavy (non-hydrogen) atoms. The van der Waals surface area contributed by atoms with Gasteiger partial charge >= 0.3 is 6.09 Å². The van der Waals surface area contributed by atoms with Gasteiger partial charge in [0, 0.05) is 25.1 Å². The molecule has 0 bridgehead atoms. The second kappa shape index (κ2) is 11.5. The highest BCUT2D eigenvalue weighted by atomic mass is 16.6. The molecule has 6 heteroatoms. The number of para-hydroxylation sites is 1. The van der Waals surface area contributed by atoms with Gasteiger partial charge in [-0.05, 0) is 61.9 Å². The van der Waals surface area contributed by atoms with Crippen molar-refractivity contribution in [3.05, 3.63) is 53.6 Å². The first-order valence-corrected chi connectivity index (χ1v) is 11.0. The van der Waals surface area contributed by atoms with Crippen LogP contribution in [0.15, 0.2) is 42.5 Å². The molecule has 168 valence electrons. The number of hydrogen-bond donors (Lipinski definition) is 0. The van der Waals surface area contributed by atoms with Gasteiger partial charge in [0.05, 0.1) is 27.4 Å². The molecule has 0 N–H and O–H groups in total. The van der Waals surface area contributed by atoms with Gasteiger partial charge in [0.25, 0.3) is 0 Å². The molecule has 3 rings (SSSR count). The fraction of sp³-hybridized carbons (Fsp3) is 0.480. The predicted molar refractivity (Wildman–Crippen MR) is 120 cm³/mol. The Kier molecular flexibility index (Phi) is 8.44. The van der Waals surface area contributed by atoms with Crippen LogP contribution in [0, 0.1) is 0 Å². The Hall–Kier alpha value is -2.89. The molecule has 1 fully saturated rings. The molecule has 1 heterocycles. The third kappa shape index (κ3) is 6.29. The highest BCUT2D eigenvalue weighted by molar-refractivity contribution is 5.68. The molecule has 0 spiro atoms. The maximum atomic E-state index is 12.1. The lowest BCUT2D eigenvalue weighted by Crippen LogP contribution is -2.36. The molecule has 6 nitrogen and oxygen atoms in total. The van der Waals surface area contributed by atoms with Gasteiger partial charge in [0.15, 0.2) is 0 Å². The lowest BCUT2D eigenvalue weighted by atomic mass is 10.0. The molecule has 1 atom stereocenters. The first kappa shape index (κ1) is 22.8. The van der Waals surface area contributed by atoms with Gasteiger partial charge in [-0.2, -0.15) is 0 Å². The number of benzene rings is 2. The van der Waals surface area contributed by atoms with E-state index in [2.05, 4.69) is 6.07 Å². The van der Waals surface area contributed by atoms with Crippen LogP contribution < -0.4 is 14.2 Å². The van der Waals surface area contributed by atoms with Crippen LogP contribution in [-0.4, -0.2) is 51.0 Å². The molecule has 0 aromatic heterocycles. The first-order valence-electron chi connectivity index (χ1n) is 11.0. The van der Waals surface area contributed by atoms with E-state index in [4.69, 9.17) is 18.9 Å². The van der Waals surface area contributed by atoms with Crippen LogP contribution in [0.3, 0.4) is 0 Å². The normalized spacial score (nSPS) is 15.6. The Labute approximate surface area is 185 Å². The maximum absolute atomic E-state index is 12.1. The van der Waals surface area contributed by atoms with Gasteiger partial charge in [0.2, 0.25) is 0 Å². The minimum atomic E-state index is -0.209. The van der Waals surface area contributed by atoms with E-state index >= 15 is 0 Å². The van der Waals surface area contributed by atoms with Crippen LogP contribution in [0.25, 0.3) is 0 Å². The van der Waals surface area contributed by atoms with Gasteiger partial charge in [-0.1, -0.05) is 18.2 Å². The summed E-state index contributed by atoms with van der Waals surface area (Å²) in [6, 6.07) is 14.3. The van der Waals surface area contributed by atoms with Crippen LogP contribution >= 0.6 is 0 Å². The molecule has 1 aliphatic heterocycles. The number of rotatable bonds is 10. The van der Waals surface area contributed by atoms with E-state index in [1.807, 2.05) is 48.2 Å². The Morgan fingerprint density at radius 2 is 1.81 bits per heavy atom. The summed E-state index contributed by atoms with van der Waals surface area (Å²) in [4.78, 5) is 13.9. The number of methoxy groups -OCH3 is 2. The van der Waals surface area contributed by atoms with Crippen molar-refractivity contribution < 1.29 is 23.7 Å². The second-order valence-electron chi connectivity index (χ2n) is 7.65. The van der Waals surface area contributed by atoms with E-state index in [-0.39, 0.29) is 12.1 Å².